The van der Waals surface area contributed by atoms with E-state index in [0.717, 1.165) is 46.6 Å². The lowest BCUT2D eigenvalue weighted by Gasteiger charge is -2.28. The first-order chi connectivity index (χ1) is 18.6. The zero-order chi connectivity index (χ0) is 27.9. The molecule has 0 bridgehead atoms. The molecule has 0 saturated heterocycles. The van der Waals surface area contributed by atoms with Crippen molar-refractivity contribution in [1.29, 1.82) is 0 Å². The van der Waals surface area contributed by atoms with E-state index in [1.807, 2.05) is 19.2 Å². The number of halogens is 1. The molecule has 1 saturated carbocycles. The monoisotopic (exact) mass is 571 g/mol. The Balaban J connectivity index is 0.000000567. The highest BCUT2D eigenvalue weighted by molar-refractivity contribution is 7.85. The molecule has 204 valence electrons. The van der Waals surface area contributed by atoms with Gasteiger partial charge in [-0.3, -0.25) is 19.4 Å². The zero-order valence-electron chi connectivity index (χ0n) is 21.4. The fourth-order valence-corrected chi connectivity index (χ4v) is 4.60. The lowest BCUT2D eigenvalue weighted by atomic mass is 10.0. The van der Waals surface area contributed by atoms with Gasteiger partial charge in [-0.2, -0.15) is 8.42 Å². The van der Waals surface area contributed by atoms with Gasteiger partial charge in [0.05, 0.1) is 48.1 Å². The van der Waals surface area contributed by atoms with Gasteiger partial charge in [-0.25, -0.2) is 14.8 Å². The average molecular weight is 572 g/mol. The van der Waals surface area contributed by atoms with Crippen LogP contribution >= 0.6 is 11.6 Å². The Kier molecular flexibility index (Phi) is 7.14. The summed E-state index contributed by atoms with van der Waals surface area (Å²) in [6.07, 6.45) is 7.21. The van der Waals surface area contributed by atoms with Gasteiger partial charge in [0.2, 0.25) is 5.95 Å². The molecule has 0 aromatic carbocycles. The normalized spacial score (nSPS) is 14.9. The van der Waals surface area contributed by atoms with E-state index < -0.39 is 10.1 Å². The standard InChI is InChI=1S/C24H22ClN7O2.CH4O3S/c1-3-15-22-18(9-20(25)28-15)29-23(31-22)32-11-14-16(30-24(32)33)6-7-26-21(14)13-10-27-17(12-4-5-12)8-19(13)34-2;1-5(2,3)4/h6-10,12H,3-5,11H2,1-2H3,(H,29,31)(H,30,33);1H3,(H,2,3,4). The molecule has 2 amide bonds. The minimum Gasteiger partial charge on any atom is -0.496 e. The summed E-state index contributed by atoms with van der Waals surface area (Å²) in [5.41, 5.74) is 6.31. The number of methoxy groups -OCH3 is 1. The van der Waals surface area contributed by atoms with Crippen LogP contribution in [0, 0.1) is 0 Å². The molecule has 0 spiro atoms. The number of hydrogen-bond donors (Lipinski definition) is 3. The first kappa shape index (κ1) is 26.8. The summed E-state index contributed by atoms with van der Waals surface area (Å²) < 4.78 is 31.6. The third kappa shape index (κ3) is 5.79. The molecule has 14 heteroatoms. The number of carbonyl (C=O) groups is 1. The van der Waals surface area contributed by atoms with Gasteiger partial charge in [-0.1, -0.05) is 18.5 Å². The van der Waals surface area contributed by atoms with E-state index in [9.17, 15) is 13.2 Å². The molecule has 0 radical (unpaired) electrons. The van der Waals surface area contributed by atoms with Crippen molar-refractivity contribution >= 4 is 50.4 Å². The second kappa shape index (κ2) is 10.4. The van der Waals surface area contributed by atoms with Crippen LogP contribution in [0.3, 0.4) is 0 Å². The number of nitrogens with zero attached hydrogens (tertiary/aromatic N) is 5. The van der Waals surface area contributed by atoms with Crippen LogP contribution in [0.1, 0.15) is 42.6 Å². The van der Waals surface area contributed by atoms with Crippen molar-refractivity contribution in [2.45, 2.75) is 38.6 Å². The topological polar surface area (TPSA) is 163 Å². The fourth-order valence-electron chi connectivity index (χ4n) is 4.39. The van der Waals surface area contributed by atoms with Crippen LogP contribution in [0.4, 0.5) is 16.4 Å². The summed E-state index contributed by atoms with van der Waals surface area (Å²) in [5, 5.41) is 3.35. The number of fused-ring (bicyclic) bond motifs is 2. The molecule has 4 aromatic rings. The first-order valence-electron chi connectivity index (χ1n) is 12.1. The minimum atomic E-state index is -3.67. The Hall–Kier alpha value is -3.81. The number of nitrogens with one attached hydrogen (secondary N) is 2. The molecule has 12 nitrogen and oxygen atoms in total. The number of imidazole rings is 1. The average Bonchev–Trinajstić information content (AvgIpc) is 3.65. The molecule has 2 aliphatic rings. The van der Waals surface area contributed by atoms with Crippen LogP contribution in [0.5, 0.6) is 5.75 Å². The van der Waals surface area contributed by atoms with Gasteiger partial charge < -0.3 is 15.0 Å². The fraction of sp³-hybridized carbons (Fsp3) is 0.320. The number of urea groups is 1. The highest BCUT2D eigenvalue weighted by Gasteiger charge is 2.31. The molecule has 0 unspecified atom stereocenters. The molecule has 4 aromatic heterocycles. The highest BCUT2D eigenvalue weighted by atomic mass is 35.5. The van der Waals surface area contributed by atoms with Crippen LogP contribution in [0.15, 0.2) is 30.6 Å². The van der Waals surface area contributed by atoms with Crippen LogP contribution in [0.2, 0.25) is 5.15 Å². The van der Waals surface area contributed by atoms with E-state index in [2.05, 4.69) is 30.2 Å². The predicted octanol–water partition coefficient (Wildman–Crippen LogP) is 4.57. The maximum atomic E-state index is 13.0. The minimum absolute atomic E-state index is 0.278. The molecule has 1 aliphatic heterocycles. The number of aromatic amines is 1. The van der Waals surface area contributed by atoms with Gasteiger partial charge in [0, 0.05) is 41.7 Å². The van der Waals surface area contributed by atoms with Crippen molar-refractivity contribution in [2.75, 3.05) is 23.6 Å². The van der Waals surface area contributed by atoms with Gasteiger partial charge in [0.15, 0.2) is 0 Å². The number of amides is 2. The van der Waals surface area contributed by atoms with Crippen LogP contribution in [-0.4, -0.2) is 57.3 Å². The number of H-pyrrole nitrogens is 1. The van der Waals surface area contributed by atoms with Crippen molar-refractivity contribution in [3.8, 4) is 17.0 Å². The van der Waals surface area contributed by atoms with Gasteiger partial charge in [0.25, 0.3) is 10.1 Å². The molecule has 5 heterocycles. The molecular formula is C25H26ClN7O5S. The number of ether oxygens (including phenoxy) is 1. The lowest BCUT2D eigenvalue weighted by molar-refractivity contribution is 0.255. The zero-order valence-corrected chi connectivity index (χ0v) is 23.0. The van der Waals surface area contributed by atoms with Crippen molar-refractivity contribution in [3.05, 3.63) is 52.7 Å². The number of aromatic nitrogens is 5. The van der Waals surface area contributed by atoms with Crippen LogP contribution < -0.4 is 15.0 Å². The molecule has 1 aliphatic carbocycles. The van der Waals surface area contributed by atoms with Gasteiger partial charge >= 0.3 is 6.03 Å². The molecular weight excluding hydrogens is 546 g/mol. The van der Waals surface area contributed by atoms with Gasteiger partial charge in [-0.05, 0) is 25.3 Å². The Morgan fingerprint density at radius 3 is 2.64 bits per heavy atom. The molecule has 39 heavy (non-hydrogen) atoms. The second-order valence-electron chi connectivity index (χ2n) is 9.22. The molecule has 3 N–H and O–H groups in total. The smallest absolute Gasteiger partial charge is 0.328 e. The van der Waals surface area contributed by atoms with E-state index in [1.54, 1.807) is 30.3 Å². The van der Waals surface area contributed by atoms with E-state index in [1.165, 1.54) is 0 Å². The summed E-state index contributed by atoms with van der Waals surface area (Å²) >= 11 is 6.17. The van der Waals surface area contributed by atoms with Crippen LogP contribution in [0.25, 0.3) is 22.3 Å². The number of anilines is 2. The number of carbonyl (C=O) groups excluding carboxylic acids is 1. The van der Waals surface area contributed by atoms with E-state index in [-0.39, 0.29) is 12.6 Å². The van der Waals surface area contributed by atoms with Crippen LogP contribution in [-0.2, 0) is 23.1 Å². The van der Waals surface area contributed by atoms with Gasteiger partial charge in [0.1, 0.15) is 16.4 Å². The number of rotatable bonds is 5. The summed E-state index contributed by atoms with van der Waals surface area (Å²) in [6, 6.07) is 5.22. The van der Waals surface area contributed by atoms with Crippen molar-refractivity contribution in [1.82, 2.24) is 24.9 Å². The second-order valence-corrected chi connectivity index (χ2v) is 11.1. The Morgan fingerprint density at radius 2 is 1.97 bits per heavy atom. The predicted molar refractivity (Wildman–Crippen MR) is 147 cm³/mol. The Morgan fingerprint density at radius 1 is 1.23 bits per heavy atom. The van der Waals surface area contributed by atoms with E-state index in [0.29, 0.717) is 46.6 Å². The Labute approximate surface area is 229 Å². The summed E-state index contributed by atoms with van der Waals surface area (Å²) in [7, 11) is -2.02. The largest absolute Gasteiger partial charge is 0.496 e. The molecule has 6 rings (SSSR count). The maximum Gasteiger partial charge on any atom is 0.328 e. The number of pyridine rings is 3. The summed E-state index contributed by atoms with van der Waals surface area (Å²) in [6.45, 7) is 2.27. The van der Waals surface area contributed by atoms with E-state index in [4.69, 9.17) is 20.9 Å². The molecule has 1 fully saturated rings. The first-order valence-corrected chi connectivity index (χ1v) is 14.4. The van der Waals surface area contributed by atoms with Gasteiger partial charge in [-0.15, -0.1) is 0 Å². The maximum absolute atomic E-state index is 13.0. The third-order valence-electron chi connectivity index (χ3n) is 6.31. The van der Waals surface area contributed by atoms with Crippen molar-refractivity contribution < 1.29 is 22.5 Å². The number of aryl methyl sites for hydroxylation is 1. The quantitative estimate of drug-likeness (QED) is 0.230. The summed E-state index contributed by atoms with van der Waals surface area (Å²) in [4.78, 5) is 36.1. The van der Waals surface area contributed by atoms with Crippen molar-refractivity contribution in [2.24, 2.45) is 0 Å². The highest BCUT2D eigenvalue weighted by Crippen LogP contribution is 2.43. The number of hydrogen-bond acceptors (Lipinski definition) is 8. The van der Waals surface area contributed by atoms with Crippen molar-refractivity contribution in [3.63, 3.8) is 0 Å². The third-order valence-corrected chi connectivity index (χ3v) is 6.50. The summed E-state index contributed by atoms with van der Waals surface area (Å²) in [5.74, 6) is 1.65. The SMILES string of the molecule is CCc1nc(Cl)cc2[nH]c(N3Cc4c(ccnc4-c4cnc(C5CC5)cc4OC)NC3=O)nc12.CS(=O)(=O)O. The van der Waals surface area contributed by atoms with E-state index >= 15 is 0 Å². The molecule has 0 atom stereocenters. The Bertz CT molecular complexity index is 1680. The lowest BCUT2D eigenvalue weighted by Crippen LogP contribution is -2.39.